The van der Waals surface area contributed by atoms with Crippen LogP contribution in [0.5, 0.6) is 0 Å². The van der Waals surface area contributed by atoms with Gasteiger partial charge in [-0.25, -0.2) is 4.79 Å². The highest BCUT2D eigenvalue weighted by Crippen LogP contribution is 2.67. The van der Waals surface area contributed by atoms with E-state index in [-0.39, 0.29) is 23.4 Å². The third kappa shape index (κ3) is 4.66. The van der Waals surface area contributed by atoms with Gasteiger partial charge >= 0.3 is 5.97 Å². The van der Waals surface area contributed by atoms with E-state index in [4.69, 9.17) is 9.47 Å². The van der Waals surface area contributed by atoms with Crippen LogP contribution in [0.25, 0.3) is 0 Å². The van der Waals surface area contributed by atoms with E-state index in [1.807, 2.05) is 25.1 Å². The quantitative estimate of drug-likeness (QED) is 0.426. The fourth-order valence-electron chi connectivity index (χ4n) is 10.0. The smallest absolute Gasteiger partial charge is 0.338 e. The molecule has 4 aliphatic carbocycles. The van der Waals surface area contributed by atoms with Gasteiger partial charge in [-0.3, -0.25) is 9.69 Å². The Morgan fingerprint density at radius 2 is 1.74 bits per heavy atom. The molecule has 1 aliphatic heterocycles. The Kier molecular flexibility index (Phi) is 7.22. The van der Waals surface area contributed by atoms with Crippen LogP contribution in [0, 0.1) is 40.4 Å². The molecule has 0 spiro atoms. The number of carbonyl (C=O) groups is 2. The molecule has 5 aliphatic rings. The predicted molar refractivity (Wildman–Crippen MR) is 148 cm³/mol. The van der Waals surface area contributed by atoms with Crippen LogP contribution in [0.2, 0.25) is 0 Å². The first kappa shape index (κ1) is 26.5. The second-order valence-electron chi connectivity index (χ2n) is 13.8. The highest BCUT2D eigenvalue weighted by molar-refractivity contribution is 5.89. The fraction of sp³-hybridized carbons (Fsp3) is 0.758. The van der Waals surface area contributed by atoms with Gasteiger partial charge in [-0.2, -0.15) is 0 Å². The molecule has 5 fully saturated rings. The van der Waals surface area contributed by atoms with Gasteiger partial charge in [0.2, 0.25) is 0 Å². The maximum absolute atomic E-state index is 13.2. The van der Waals surface area contributed by atoms with E-state index in [9.17, 15) is 9.59 Å². The molecule has 0 radical (unpaired) electrons. The lowest BCUT2D eigenvalue weighted by Crippen LogP contribution is -2.54. The number of morpholine rings is 1. The zero-order chi connectivity index (χ0) is 26.5. The first-order valence-electron chi connectivity index (χ1n) is 15.4. The minimum absolute atomic E-state index is 0.0301. The normalized spacial score (nSPS) is 41.0. The van der Waals surface area contributed by atoms with Gasteiger partial charge in [0.05, 0.1) is 18.8 Å². The molecule has 6 rings (SSSR count). The van der Waals surface area contributed by atoms with Gasteiger partial charge in [0.15, 0.2) is 0 Å². The van der Waals surface area contributed by atoms with Crippen molar-refractivity contribution in [2.45, 2.75) is 91.2 Å². The zero-order valence-electron chi connectivity index (χ0n) is 23.8. The zero-order valence-corrected chi connectivity index (χ0v) is 23.8. The number of fused-ring (bicyclic) bond motifs is 5. The number of esters is 1. The van der Waals surface area contributed by atoms with E-state index in [1.54, 1.807) is 0 Å². The highest BCUT2D eigenvalue weighted by atomic mass is 16.5. The second kappa shape index (κ2) is 10.4. The molecule has 1 aromatic carbocycles. The monoisotopic (exact) mass is 521 g/mol. The number of ether oxygens (including phenoxy) is 2. The van der Waals surface area contributed by atoms with Gasteiger partial charge in [-0.15, -0.1) is 0 Å². The van der Waals surface area contributed by atoms with Crippen LogP contribution in [-0.4, -0.2) is 49.1 Å². The molecule has 1 aromatic rings. The molecule has 38 heavy (non-hydrogen) atoms. The average Bonchev–Trinajstić information content (AvgIpc) is 3.27. The van der Waals surface area contributed by atoms with Crippen LogP contribution >= 0.6 is 0 Å². The molecule has 1 heterocycles. The van der Waals surface area contributed by atoms with Gasteiger partial charge in [0, 0.05) is 25.6 Å². The molecule has 0 bridgehead atoms. The van der Waals surface area contributed by atoms with E-state index in [2.05, 4.69) is 24.8 Å². The van der Waals surface area contributed by atoms with Crippen LogP contribution in [-0.2, 0) is 20.8 Å². The van der Waals surface area contributed by atoms with E-state index in [0.717, 1.165) is 70.4 Å². The van der Waals surface area contributed by atoms with Crippen LogP contribution in [0.15, 0.2) is 24.3 Å². The van der Waals surface area contributed by atoms with Crippen LogP contribution < -0.4 is 0 Å². The number of hydrogen-bond donors (Lipinski definition) is 0. The Balaban J connectivity index is 1.08. The van der Waals surface area contributed by atoms with Crippen LogP contribution in [0.4, 0.5) is 0 Å². The van der Waals surface area contributed by atoms with E-state index in [0.29, 0.717) is 28.6 Å². The minimum Gasteiger partial charge on any atom is -0.459 e. The summed E-state index contributed by atoms with van der Waals surface area (Å²) in [4.78, 5) is 28.0. The number of carbonyl (C=O) groups excluding carboxylic acids is 2. The number of Topliss-reactive ketones (excluding diaryl/α,β-unsaturated/α-hetero) is 1. The standard InChI is InChI=1S/C33H47NO4/c1-22(35)28-9-10-29-27-8-7-25-20-26(11-13-32(25,2)30(27)12-14-33(28,29)3)38-31(36)24-6-4-5-23(19-24)21-34-15-17-37-18-16-34/h4-6,19,25-30H,7-18,20-21H2,1-3H3/t25?,26?,27-,28+,29-,30-,32-,33+/m0/s1. The molecule has 4 saturated carbocycles. The number of hydrogen-bond acceptors (Lipinski definition) is 5. The number of rotatable bonds is 5. The lowest BCUT2D eigenvalue weighted by Gasteiger charge is -2.61. The largest absolute Gasteiger partial charge is 0.459 e. The van der Waals surface area contributed by atoms with Gasteiger partial charge in [0.25, 0.3) is 0 Å². The molecule has 5 nitrogen and oxygen atoms in total. The summed E-state index contributed by atoms with van der Waals surface area (Å²) in [5, 5.41) is 0. The van der Waals surface area contributed by atoms with Gasteiger partial charge < -0.3 is 9.47 Å². The highest BCUT2D eigenvalue weighted by Gasteiger charge is 2.61. The number of nitrogens with zero attached hydrogens (tertiary/aromatic N) is 1. The van der Waals surface area contributed by atoms with Crippen molar-refractivity contribution in [3.8, 4) is 0 Å². The Morgan fingerprint density at radius 3 is 2.53 bits per heavy atom. The van der Waals surface area contributed by atoms with Crippen molar-refractivity contribution in [2.24, 2.45) is 40.4 Å². The van der Waals surface area contributed by atoms with Crippen molar-refractivity contribution >= 4 is 11.8 Å². The first-order valence-corrected chi connectivity index (χ1v) is 15.4. The summed E-state index contributed by atoms with van der Waals surface area (Å²) in [5.41, 5.74) is 2.42. The number of ketones is 1. The molecule has 8 atom stereocenters. The summed E-state index contributed by atoms with van der Waals surface area (Å²) in [6.07, 6.45) is 10.6. The Bertz CT molecular complexity index is 1050. The average molecular weight is 522 g/mol. The molecule has 5 heteroatoms. The molecule has 2 unspecified atom stereocenters. The Morgan fingerprint density at radius 1 is 0.974 bits per heavy atom. The van der Waals surface area contributed by atoms with Gasteiger partial charge in [-0.05, 0) is 117 Å². The summed E-state index contributed by atoms with van der Waals surface area (Å²) in [5.74, 6) is 3.42. The van der Waals surface area contributed by atoms with E-state index in [1.165, 1.54) is 37.7 Å². The first-order chi connectivity index (χ1) is 18.3. The molecule has 0 amide bonds. The van der Waals surface area contributed by atoms with Crippen LogP contribution in [0.3, 0.4) is 0 Å². The molecule has 1 saturated heterocycles. The lowest BCUT2D eigenvalue weighted by atomic mass is 9.44. The third-order valence-corrected chi connectivity index (χ3v) is 12.1. The topological polar surface area (TPSA) is 55.8 Å². The second-order valence-corrected chi connectivity index (χ2v) is 13.8. The lowest BCUT2D eigenvalue weighted by molar-refractivity contribution is -0.138. The van der Waals surface area contributed by atoms with Crippen molar-refractivity contribution in [2.75, 3.05) is 26.3 Å². The molecular weight excluding hydrogens is 474 g/mol. The van der Waals surface area contributed by atoms with Crippen molar-refractivity contribution in [1.82, 2.24) is 4.90 Å². The summed E-state index contributed by atoms with van der Waals surface area (Å²) >= 11 is 0. The van der Waals surface area contributed by atoms with Gasteiger partial charge in [0.1, 0.15) is 11.9 Å². The predicted octanol–water partition coefficient (Wildman–Crippen LogP) is 6.29. The van der Waals surface area contributed by atoms with Gasteiger partial charge in [-0.1, -0.05) is 26.0 Å². The SMILES string of the molecule is CC(=O)[C@H]1CC[C@H]2[C@@H]3CCC4CC(OC(=O)c5cccc(CN6CCOCC6)c5)CC[C@]4(C)[C@H]3CC[C@]12C. The molecule has 0 N–H and O–H groups in total. The summed E-state index contributed by atoms with van der Waals surface area (Å²) in [6.45, 7) is 11.1. The van der Waals surface area contributed by atoms with Crippen molar-refractivity contribution in [3.63, 3.8) is 0 Å². The van der Waals surface area contributed by atoms with E-state index < -0.39 is 0 Å². The molecule has 0 aromatic heterocycles. The maximum Gasteiger partial charge on any atom is 0.338 e. The summed E-state index contributed by atoms with van der Waals surface area (Å²) < 4.78 is 11.6. The fourth-order valence-corrected chi connectivity index (χ4v) is 10.0. The van der Waals surface area contributed by atoms with Crippen molar-refractivity contribution in [3.05, 3.63) is 35.4 Å². The van der Waals surface area contributed by atoms with Crippen molar-refractivity contribution < 1.29 is 19.1 Å². The molecule has 208 valence electrons. The van der Waals surface area contributed by atoms with Crippen molar-refractivity contribution in [1.29, 1.82) is 0 Å². The van der Waals surface area contributed by atoms with E-state index >= 15 is 0 Å². The third-order valence-electron chi connectivity index (χ3n) is 12.1. The Labute approximate surface area is 229 Å². The number of benzene rings is 1. The minimum atomic E-state index is -0.161. The summed E-state index contributed by atoms with van der Waals surface area (Å²) in [7, 11) is 0. The Hall–Kier alpha value is -1.72. The maximum atomic E-state index is 13.2. The summed E-state index contributed by atoms with van der Waals surface area (Å²) in [6, 6.07) is 8.01. The molecular formula is C33H47NO4. The van der Waals surface area contributed by atoms with Crippen LogP contribution in [0.1, 0.15) is 94.5 Å².